The molecule has 1 aliphatic heterocycles. The predicted molar refractivity (Wildman–Crippen MR) is 103 cm³/mol. The zero-order chi connectivity index (χ0) is 20.7. The SMILES string of the molecule is CCOC(=O)CN1CCN(CCCOc2cccc(Br)c2C)[C@H](C(F)(F)F)C1. The number of carbonyl (C=O) groups is 1. The highest BCUT2D eigenvalue weighted by Gasteiger charge is 2.46. The number of ether oxygens (including phenoxy) is 2. The van der Waals surface area contributed by atoms with Gasteiger partial charge in [-0.15, -0.1) is 0 Å². The lowest BCUT2D eigenvalue weighted by molar-refractivity contribution is -0.198. The molecule has 0 radical (unpaired) electrons. The second-order valence-electron chi connectivity index (χ2n) is 6.70. The van der Waals surface area contributed by atoms with Gasteiger partial charge in [0.1, 0.15) is 11.8 Å². The van der Waals surface area contributed by atoms with Crippen LogP contribution in [0.2, 0.25) is 0 Å². The first kappa shape index (κ1) is 23.0. The average molecular weight is 467 g/mol. The minimum Gasteiger partial charge on any atom is -0.493 e. The van der Waals surface area contributed by atoms with Gasteiger partial charge in [-0.1, -0.05) is 22.0 Å². The minimum absolute atomic E-state index is 0.112. The molecule has 0 N–H and O–H groups in total. The molecule has 158 valence electrons. The normalized spacial score (nSPS) is 18.9. The van der Waals surface area contributed by atoms with Crippen LogP contribution < -0.4 is 4.74 Å². The van der Waals surface area contributed by atoms with Gasteiger partial charge in [-0.25, -0.2) is 0 Å². The molecule has 1 saturated heterocycles. The maximum atomic E-state index is 13.5. The van der Waals surface area contributed by atoms with Crippen LogP contribution in [0.15, 0.2) is 22.7 Å². The molecule has 1 heterocycles. The molecule has 1 aromatic rings. The summed E-state index contributed by atoms with van der Waals surface area (Å²) < 4.78 is 52.0. The second kappa shape index (κ2) is 10.5. The van der Waals surface area contributed by atoms with Crippen LogP contribution in [-0.2, 0) is 9.53 Å². The Hall–Kier alpha value is -1.32. The number of hydrogen-bond acceptors (Lipinski definition) is 5. The van der Waals surface area contributed by atoms with Crippen molar-refractivity contribution in [2.45, 2.75) is 32.5 Å². The standard InChI is InChI=1S/C19H26BrF3N2O3/c1-3-27-18(26)13-24-9-10-25(17(12-24)19(21,22)23)8-5-11-28-16-7-4-6-15(20)14(16)2/h4,6-7,17H,3,5,8-13H2,1-2H3/t17-/m0/s1. The van der Waals surface area contributed by atoms with Crippen molar-refractivity contribution >= 4 is 21.9 Å². The molecule has 0 saturated carbocycles. The van der Waals surface area contributed by atoms with E-state index in [1.54, 1.807) is 6.92 Å². The highest BCUT2D eigenvalue weighted by Crippen LogP contribution is 2.28. The zero-order valence-electron chi connectivity index (χ0n) is 16.1. The van der Waals surface area contributed by atoms with Crippen molar-refractivity contribution in [2.24, 2.45) is 0 Å². The summed E-state index contributed by atoms with van der Waals surface area (Å²) in [6.07, 6.45) is -3.87. The van der Waals surface area contributed by atoms with Gasteiger partial charge in [-0.3, -0.25) is 14.6 Å². The van der Waals surface area contributed by atoms with Crippen molar-refractivity contribution < 1.29 is 27.4 Å². The van der Waals surface area contributed by atoms with Crippen LogP contribution in [0.4, 0.5) is 13.2 Å². The number of hydrogen-bond donors (Lipinski definition) is 0. The molecule has 0 aliphatic carbocycles. The molecule has 0 aromatic heterocycles. The maximum absolute atomic E-state index is 13.5. The molecule has 0 unspecified atom stereocenters. The summed E-state index contributed by atoms with van der Waals surface area (Å²) in [4.78, 5) is 14.5. The zero-order valence-corrected chi connectivity index (χ0v) is 17.7. The fourth-order valence-corrected chi connectivity index (χ4v) is 3.53. The molecule has 5 nitrogen and oxygen atoms in total. The second-order valence-corrected chi connectivity index (χ2v) is 7.55. The van der Waals surface area contributed by atoms with E-state index in [0.717, 1.165) is 15.8 Å². The summed E-state index contributed by atoms with van der Waals surface area (Å²) in [5, 5.41) is 0. The van der Waals surface area contributed by atoms with Crippen molar-refractivity contribution in [1.29, 1.82) is 0 Å². The van der Waals surface area contributed by atoms with E-state index in [2.05, 4.69) is 15.9 Å². The van der Waals surface area contributed by atoms with E-state index in [-0.39, 0.29) is 32.8 Å². The number of alkyl halides is 3. The van der Waals surface area contributed by atoms with Gasteiger partial charge in [0.05, 0.1) is 19.8 Å². The molecule has 1 fully saturated rings. The van der Waals surface area contributed by atoms with Gasteiger partial charge in [-0.05, 0) is 32.4 Å². The molecule has 1 aliphatic rings. The van der Waals surface area contributed by atoms with Crippen molar-refractivity contribution in [3.63, 3.8) is 0 Å². The Morgan fingerprint density at radius 1 is 1.32 bits per heavy atom. The van der Waals surface area contributed by atoms with Crippen molar-refractivity contribution in [3.05, 3.63) is 28.2 Å². The van der Waals surface area contributed by atoms with E-state index >= 15 is 0 Å². The summed E-state index contributed by atoms with van der Waals surface area (Å²) >= 11 is 3.43. The first-order valence-corrected chi connectivity index (χ1v) is 10.1. The Bertz CT molecular complexity index is 658. The molecular formula is C19H26BrF3N2O3. The van der Waals surface area contributed by atoms with E-state index < -0.39 is 18.2 Å². The number of rotatable bonds is 8. The number of piperazine rings is 1. The summed E-state index contributed by atoms with van der Waals surface area (Å²) in [7, 11) is 0. The van der Waals surface area contributed by atoms with Gasteiger partial charge in [0.2, 0.25) is 0 Å². The summed E-state index contributed by atoms with van der Waals surface area (Å²) in [5.74, 6) is 0.232. The summed E-state index contributed by atoms with van der Waals surface area (Å²) in [5.41, 5.74) is 0.961. The molecule has 0 spiro atoms. The number of halogens is 4. The smallest absolute Gasteiger partial charge is 0.405 e. The van der Waals surface area contributed by atoms with Crippen LogP contribution in [0.25, 0.3) is 0 Å². The van der Waals surface area contributed by atoms with Crippen LogP contribution in [0, 0.1) is 6.92 Å². The molecule has 1 aromatic carbocycles. The minimum atomic E-state index is -4.35. The van der Waals surface area contributed by atoms with E-state index in [1.165, 1.54) is 9.80 Å². The first-order chi connectivity index (χ1) is 13.2. The van der Waals surface area contributed by atoms with Crippen LogP contribution in [0.3, 0.4) is 0 Å². The van der Waals surface area contributed by atoms with Crippen LogP contribution in [0.5, 0.6) is 5.75 Å². The molecule has 28 heavy (non-hydrogen) atoms. The summed E-state index contributed by atoms with van der Waals surface area (Å²) in [6, 6.07) is 4.01. The van der Waals surface area contributed by atoms with E-state index in [4.69, 9.17) is 9.47 Å². The predicted octanol–water partition coefficient (Wildman–Crippen LogP) is 3.64. The summed E-state index contributed by atoms with van der Waals surface area (Å²) in [6.45, 7) is 4.74. The lowest BCUT2D eigenvalue weighted by Crippen LogP contribution is -2.59. The third kappa shape index (κ3) is 6.63. The molecule has 0 amide bonds. The third-order valence-corrected chi connectivity index (χ3v) is 5.54. The lowest BCUT2D eigenvalue weighted by atomic mass is 10.1. The van der Waals surface area contributed by atoms with Gasteiger partial charge in [0, 0.05) is 36.2 Å². The van der Waals surface area contributed by atoms with Gasteiger partial charge in [0.25, 0.3) is 0 Å². The van der Waals surface area contributed by atoms with Crippen molar-refractivity contribution in [2.75, 3.05) is 45.9 Å². The largest absolute Gasteiger partial charge is 0.493 e. The molecular weight excluding hydrogens is 441 g/mol. The Kier molecular flexibility index (Phi) is 8.57. The van der Waals surface area contributed by atoms with Gasteiger partial charge >= 0.3 is 12.1 Å². The van der Waals surface area contributed by atoms with E-state index in [1.807, 2.05) is 25.1 Å². The molecule has 1 atom stereocenters. The third-order valence-electron chi connectivity index (χ3n) is 4.68. The first-order valence-electron chi connectivity index (χ1n) is 9.29. The quantitative estimate of drug-likeness (QED) is 0.432. The van der Waals surface area contributed by atoms with Crippen molar-refractivity contribution in [3.8, 4) is 5.75 Å². The Morgan fingerprint density at radius 2 is 2.07 bits per heavy atom. The van der Waals surface area contributed by atoms with Crippen LogP contribution >= 0.6 is 15.9 Å². The average Bonchev–Trinajstić information content (AvgIpc) is 2.62. The van der Waals surface area contributed by atoms with Gasteiger partial charge in [-0.2, -0.15) is 13.2 Å². The highest BCUT2D eigenvalue weighted by molar-refractivity contribution is 9.10. The number of benzene rings is 1. The van der Waals surface area contributed by atoms with E-state index in [0.29, 0.717) is 19.6 Å². The fourth-order valence-electron chi connectivity index (χ4n) is 3.18. The Balaban J connectivity index is 1.86. The molecule has 0 bridgehead atoms. The van der Waals surface area contributed by atoms with Crippen LogP contribution in [0.1, 0.15) is 18.9 Å². The van der Waals surface area contributed by atoms with Crippen LogP contribution in [-0.4, -0.2) is 73.9 Å². The number of carbonyl (C=O) groups excluding carboxylic acids is 1. The maximum Gasteiger partial charge on any atom is 0.405 e. The number of esters is 1. The monoisotopic (exact) mass is 466 g/mol. The fraction of sp³-hybridized carbons (Fsp3) is 0.632. The number of nitrogens with zero attached hydrogens (tertiary/aromatic N) is 2. The lowest BCUT2D eigenvalue weighted by Gasteiger charge is -2.41. The van der Waals surface area contributed by atoms with Gasteiger partial charge < -0.3 is 9.47 Å². The Labute approximate surface area is 171 Å². The Morgan fingerprint density at radius 3 is 2.75 bits per heavy atom. The molecule has 9 heteroatoms. The topological polar surface area (TPSA) is 42.0 Å². The molecule has 2 rings (SSSR count). The van der Waals surface area contributed by atoms with Gasteiger partial charge in [0.15, 0.2) is 0 Å². The highest BCUT2D eigenvalue weighted by atomic mass is 79.9. The van der Waals surface area contributed by atoms with E-state index in [9.17, 15) is 18.0 Å². The van der Waals surface area contributed by atoms with Crippen molar-refractivity contribution in [1.82, 2.24) is 9.80 Å².